The number of aromatic hydroxyl groups is 1. The average molecular weight is 377 g/mol. The molecule has 0 radical (unpaired) electrons. The minimum Gasteiger partial charge on any atom is -0.507 e. The maximum Gasteiger partial charge on any atom is 0.273 e. The van der Waals surface area contributed by atoms with Crippen LogP contribution < -0.4 is 4.74 Å². The van der Waals surface area contributed by atoms with Gasteiger partial charge in [-0.05, 0) is 36.2 Å². The Morgan fingerprint density at radius 2 is 2.04 bits per heavy atom. The summed E-state index contributed by atoms with van der Waals surface area (Å²) in [5.74, 6) is 0.813. The molecular formula is C22H23N3O3. The number of nitrogens with one attached hydrogen (secondary N) is 1. The minimum atomic E-state index is -0.280. The van der Waals surface area contributed by atoms with Gasteiger partial charge < -0.3 is 14.7 Å². The fraction of sp³-hybridized carbons (Fsp3) is 0.273. The third kappa shape index (κ3) is 2.91. The lowest BCUT2D eigenvalue weighted by Crippen LogP contribution is -2.30. The molecule has 0 spiro atoms. The highest BCUT2D eigenvalue weighted by molar-refractivity contribution is 6.00. The lowest BCUT2D eigenvalue weighted by molar-refractivity contribution is 0.0741. The molecule has 2 aromatic carbocycles. The van der Waals surface area contributed by atoms with Gasteiger partial charge in [-0.25, -0.2) is 0 Å². The van der Waals surface area contributed by atoms with Crippen molar-refractivity contribution < 1.29 is 14.6 Å². The van der Waals surface area contributed by atoms with E-state index in [-0.39, 0.29) is 17.7 Å². The van der Waals surface area contributed by atoms with Gasteiger partial charge in [0.15, 0.2) is 0 Å². The van der Waals surface area contributed by atoms with Crippen LogP contribution in [0, 0.1) is 0 Å². The number of ether oxygens (including phenoxy) is 1. The first-order chi connectivity index (χ1) is 13.7. The predicted molar refractivity (Wildman–Crippen MR) is 106 cm³/mol. The number of phenols is 1. The van der Waals surface area contributed by atoms with Gasteiger partial charge in [0.05, 0.1) is 13.2 Å². The molecule has 4 rings (SSSR count). The van der Waals surface area contributed by atoms with Gasteiger partial charge >= 0.3 is 0 Å². The Labute approximate surface area is 163 Å². The van der Waals surface area contributed by atoms with E-state index in [0.29, 0.717) is 23.5 Å². The van der Waals surface area contributed by atoms with Crippen LogP contribution in [0.5, 0.6) is 11.5 Å². The van der Waals surface area contributed by atoms with Crippen LogP contribution in [0.25, 0.3) is 11.3 Å². The number of fused-ring (bicyclic) bond motifs is 1. The number of carbonyl (C=O) groups excluding carboxylic acids is 1. The van der Waals surface area contributed by atoms with Crippen molar-refractivity contribution in [2.75, 3.05) is 13.7 Å². The van der Waals surface area contributed by atoms with Crippen LogP contribution in [0.3, 0.4) is 0 Å². The molecule has 0 saturated carbocycles. The van der Waals surface area contributed by atoms with Crippen molar-refractivity contribution in [1.82, 2.24) is 15.1 Å². The van der Waals surface area contributed by atoms with E-state index >= 15 is 0 Å². The molecule has 6 nitrogen and oxygen atoms in total. The van der Waals surface area contributed by atoms with Crippen LogP contribution >= 0.6 is 0 Å². The first-order valence-electron chi connectivity index (χ1n) is 9.47. The number of nitrogens with zero attached hydrogens (tertiary/aromatic N) is 2. The second-order valence-electron chi connectivity index (χ2n) is 6.91. The van der Waals surface area contributed by atoms with Gasteiger partial charge in [0, 0.05) is 17.7 Å². The Morgan fingerprint density at radius 1 is 1.21 bits per heavy atom. The molecule has 0 saturated heterocycles. The number of carbonyl (C=O) groups is 1. The Balaban J connectivity index is 1.89. The molecule has 1 aliphatic rings. The van der Waals surface area contributed by atoms with E-state index in [1.54, 1.807) is 19.2 Å². The molecule has 0 bridgehead atoms. The summed E-state index contributed by atoms with van der Waals surface area (Å²) < 4.78 is 5.39. The fourth-order valence-corrected chi connectivity index (χ4v) is 3.79. The summed E-state index contributed by atoms with van der Waals surface area (Å²) in [5, 5.41) is 17.7. The molecule has 6 heteroatoms. The number of amides is 1. The summed E-state index contributed by atoms with van der Waals surface area (Å²) in [7, 11) is 1.63. The molecule has 2 N–H and O–H groups in total. The van der Waals surface area contributed by atoms with E-state index in [1.807, 2.05) is 41.3 Å². The monoisotopic (exact) mass is 377 g/mol. The number of H-pyrrole nitrogens is 1. The number of hydrogen-bond donors (Lipinski definition) is 2. The summed E-state index contributed by atoms with van der Waals surface area (Å²) in [6.07, 6.45) is 1.91. The molecule has 1 aromatic heterocycles. The number of benzene rings is 2. The third-order valence-corrected chi connectivity index (χ3v) is 5.19. The van der Waals surface area contributed by atoms with E-state index in [2.05, 4.69) is 17.1 Å². The molecule has 3 aromatic rings. The smallest absolute Gasteiger partial charge is 0.273 e. The number of unbranched alkanes of at least 4 members (excludes halogenated alkanes) is 1. The van der Waals surface area contributed by atoms with Crippen molar-refractivity contribution in [3.63, 3.8) is 0 Å². The predicted octanol–water partition coefficient (Wildman–Crippen LogP) is 4.14. The Morgan fingerprint density at radius 3 is 2.79 bits per heavy atom. The lowest BCUT2D eigenvalue weighted by Gasteiger charge is -2.26. The van der Waals surface area contributed by atoms with Gasteiger partial charge in [-0.15, -0.1) is 0 Å². The van der Waals surface area contributed by atoms with E-state index < -0.39 is 0 Å². The standard InChI is InChI=1S/C22H23N3O3/c1-3-4-12-25-21(14-8-7-9-15(13-14)28-2)18-19(23-24-20(18)22(25)27)16-10-5-6-11-17(16)26/h5-11,13,21,26H,3-4,12H2,1-2H3,(H,23,24)/t21-/m0/s1. The summed E-state index contributed by atoms with van der Waals surface area (Å²) in [5.41, 5.74) is 3.46. The second-order valence-corrected chi connectivity index (χ2v) is 6.91. The molecule has 0 fully saturated rings. The Hall–Kier alpha value is -3.28. The zero-order valence-corrected chi connectivity index (χ0v) is 16.0. The van der Waals surface area contributed by atoms with Crippen molar-refractivity contribution in [2.24, 2.45) is 0 Å². The van der Waals surface area contributed by atoms with Crippen LogP contribution in [0.2, 0.25) is 0 Å². The Kier molecular flexibility index (Phi) is 4.77. The zero-order valence-electron chi connectivity index (χ0n) is 16.0. The van der Waals surface area contributed by atoms with Gasteiger partial charge in [0.1, 0.15) is 22.9 Å². The number of aromatic amines is 1. The van der Waals surface area contributed by atoms with E-state index in [9.17, 15) is 9.90 Å². The highest BCUT2D eigenvalue weighted by Gasteiger charge is 2.42. The van der Waals surface area contributed by atoms with Crippen molar-refractivity contribution in [2.45, 2.75) is 25.8 Å². The Bertz CT molecular complexity index is 1010. The van der Waals surface area contributed by atoms with Crippen LogP contribution in [0.4, 0.5) is 0 Å². The SMILES string of the molecule is CCCCN1C(=O)c2[nH]nc(-c3ccccc3O)c2[C@@H]1c1cccc(OC)c1. The van der Waals surface area contributed by atoms with Gasteiger partial charge in [-0.1, -0.05) is 37.6 Å². The molecule has 0 aliphatic carbocycles. The number of hydrogen-bond acceptors (Lipinski definition) is 4. The molecule has 1 amide bonds. The topological polar surface area (TPSA) is 78.5 Å². The van der Waals surface area contributed by atoms with Crippen LogP contribution in [0.1, 0.15) is 47.4 Å². The zero-order chi connectivity index (χ0) is 19.7. The van der Waals surface area contributed by atoms with Crippen molar-refractivity contribution in [1.29, 1.82) is 0 Å². The van der Waals surface area contributed by atoms with Crippen molar-refractivity contribution in [3.05, 3.63) is 65.4 Å². The average Bonchev–Trinajstić information content (AvgIpc) is 3.26. The molecule has 1 atom stereocenters. The number of rotatable bonds is 6. The molecule has 28 heavy (non-hydrogen) atoms. The van der Waals surface area contributed by atoms with Crippen molar-refractivity contribution in [3.8, 4) is 22.8 Å². The summed E-state index contributed by atoms with van der Waals surface area (Å²) in [6.45, 7) is 2.76. The van der Waals surface area contributed by atoms with Gasteiger partial charge in [0.2, 0.25) is 0 Å². The van der Waals surface area contributed by atoms with E-state index in [4.69, 9.17) is 4.74 Å². The highest BCUT2D eigenvalue weighted by atomic mass is 16.5. The molecule has 0 unspecified atom stereocenters. The third-order valence-electron chi connectivity index (χ3n) is 5.19. The quantitative estimate of drug-likeness (QED) is 0.677. The van der Waals surface area contributed by atoms with E-state index in [1.165, 1.54) is 0 Å². The molecular weight excluding hydrogens is 354 g/mol. The minimum absolute atomic E-state index is 0.0644. The molecule has 1 aliphatic heterocycles. The lowest BCUT2D eigenvalue weighted by atomic mass is 9.95. The maximum absolute atomic E-state index is 13.1. The van der Waals surface area contributed by atoms with Crippen molar-refractivity contribution >= 4 is 5.91 Å². The first kappa shape index (κ1) is 18.1. The number of methoxy groups -OCH3 is 1. The first-order valence-corrected chi connectivity index (χ1v) is 9.47. The number of phenolic OH excluding ortho intramolecular Hbond substituents is 1. The van der Waals surface area contributed by atoms with Crippen LogP contribution in [-0.4, -0.2) is 39.8 Å². The number of para-hydroxylation sites is 1. The molecule has 2 heterocycles. The summed E-state index contributed by atoms with van der Waals surface area (Å²) in [4.78, 5) is 15.0. The second kappa shape index (κ2) is 7.38. The van der Waals surface area contributed by atoms with Crippen LogP contribution in [-0.2, 0) is 0 Å². The van der Waals surface area contributed by atoms with Crippen LogP contribution in [0.15, 0.2) is 48.5 Å². The van der Waals surface area contributed by atoms with Gasteiger partial charge in [-0.2, -0.15) is 5.10 Å². The summed E-state index contributed by atoms with van der Waals surface area (Å²) in [6, 6.07) is 14.5. The van der Waals surface area contributed by atoms with E-state index in [0.717, 1.165) is 29.7 Å². The fourth-order valence-electron chi connectivity index (χ4n) is 3.79. The highest BCUT2D eigenvalue weighted by Crippen LogP contribution is 2.44. The van der Waals surface area contributed by atoms with Gasteiger partial charge in [-0.3, -0.25) is 9.89 Å². The normalized spacial score (nSPS) is 15.7. The summed E-state index contributed by atoms with van der Waals surface area (Å²) >= 11 is 0. The molecule has 144 valence electrons. The van der Waals surface area contributed by atoms with Gasteiger partial charge in [0.25, 0.3) is 5.91 Å². The maximum atomic E-state index is 13.1. The largest absolute Gasteiger partial charge is 0.507 e. The number of aromatic nitrogens is 2.